The molecule has 0 spiro atoms. The Morgan fingerprint density at radius 3 is 2.41 bits per heavy atom. The zero-order valence-electron chi connectivity index (χ0n) is 8.26. The van der Waals surface area contributed by atoms with Crippen molar-refractivity contribution in [2.45, 2.75) is 0 Å². The van der Waals surface area contributed by atoms with Crippen LogP contribution in [0.4, 0.5) is 14.5 Å². The lowest BCUT2D eigenvalue weighted by Gasteiger charge is -2.04. The van der Waals surface area contributed by atoms with Gasteiger partial charge in [-0.3, -0.25) is 10.8 Å². The van der Waals surface area contributed by atoms with Gasteiger partial charge < -0.3 is 5.73 Å². The van der Waals surface area contributed by atoms with Crippen molar-refractivity contribution in [3.05, 3.63) is 28.2 Å². The average Bonchev–Trinajstić information content (AvgIpc) is 2.21. The molecule has 1 rings (SSSR count). The van der Waals surface area contributed by atoms with Crippen LogP contribution in [0.5, 0.6) is 0 Å². The minimum atomic E-state index is -0.888. The molecule has 0 aromatic heterocycles. The van der Waals surface area contributed by atoms with Crippen LogP contribution in [-0.2, 0) is 0 Å². The van der Waals surface area contributed by atoms with E-state index >= 15 is 0 Å². The topological polar surface area (TPSA) is 98.0 Å². The number of nitrogens with zero attached hydrogens (tertiary/aromatic N) is 2. The molecule has 0 atom stereocenters. The van der Waals surface area contributed by atoms with Crippen molar-refractivity contribution in [2.24, 2.45) is 10.8 Å². The normalized spacial score (nSPS) is 10.8. The first-order valence-electron chi connectivity index (χ1n) is 4.18. The third kappa shape index (κ3) is 3.22. The fourth-order valence-electron chi connectivity index (χ4n) is 0.906. The molecule has 0 unspecified atom stereocenters. The van der Waals surface area contributed by atoms with Crippen LogP contribution >= 0.6 is 15.9 Å². The second kappa shape index (κ2) is 5.36. The molecule has 0 fully saturated rings. The summed E-state index contributed by atoms with van der Waals surface area (Å²) in [7, 11) is 0. The smallest absolute Gasteiger partial charge is 0.201 e. The lowest BCUT2D eigenvalue weighted by molar-refractivity contribution is 0.587. The van der Waals surface area contributed by atoms with Crippen molar-refractivity contribution >= 4 is 33.2 Å². The number of halogens is 3. The molecule has 0 amide bonds. The van der Waals surface area contributed by atoms with Crippen LogP contribution in [0, 0.1) is 28.4 Å². The van der Waals surface area contributed by atoms with E-state index in [-0.39, 0.29) is 4.47 Å². The van der Waals surface area contributed by atoms with Crippen LogP contribution in [0.15, 0.2) is 21.7 Å². The van der Waals surface area contributed by atoms with Gasteiger partial charge in [0.25, 0.3) is 0 Å². The summed E-state index contributed by atoms with van der Waals surface area (Å²) < 4.78 is 26.8. The Bertz CT molecular complexity index is 512. The van der Waals surface area contributed by atoms with Crippen molar-refractivity contribution in [1.29, 1.82) is 10.7 Å². The molecule has 4 N–H and O–H groups in total. The number of rotatable bonds is 3. The maximum atomic E-state index is 13.3. The van der Waals surface area contributed by atoms with Gasteiger partial charge in [0.2, 0.25) is 5.71 Å². The minimum absolute atomic E-state index is 0.231. The largest absolute Gasteiger partial charge is 0.382 e. The average molecular weight is 302 g/mol. The molecule has 8 heteroatoms. The van der Waals surface area contributed by atoms with E-state index in [2.05, 4.69) is 21.0 Å². The van der Waals surface area contributed by atoms with Gasteiger partial charge in [0.15, 0.2) is 17.5 Å². The fraction of sp³-hybridized carbons (Fsp3) is 0. The van der Waals surface area contributed by atoms with Gasteiger partial charge in [0, 0.05) is 4.47 Å². The second-order valence-electron chi connectivity index (χ2n) is 2.84. The third-order valence-corrected chi connectivity index (χ3v) is 2.11. The van der Waals surface area contributed by atoms with Gasteiger partial charge in [-0.2, -0.15) is 10.4 Å². The number of nitrogens with two attached hydrogens (primary N) is 1. The summed E-state index contributed by atoms with van der Waals surface area (Å²) in [6, 6.07) is 3.56. The number of hydrogen-bond acceptors (Lipinski definition) is 4. The lowest BCUT2D eigenvalue weighted by Crippen LogP contribution is -2.22. The van der Waals surface area contributed by atoms with Crippen LogP contribution in [0.2, 0.25) is 0 Å². The Balaban J connectivity index is 3.05. The molecule has 1 aromatic rings. The van der Waals surface area contributed by atoms with E-state index in [4.69, 9.17) is 16.4 Å². The standard InChI is InChI=1S/C9H6BrF2N5/c10-4-1-5(11)8(6(12)2-4)17-16-7(3-13)9(14)15/h1-2,17H,(H3,14,15)/b16-7+. The lowest BCUT2D eigenvalue weighted by atomic mass is 10.3. The maximum absolute atomic E-state index is 13.3. The number of hydrogen-bond donors (Lipinski definition) is 3. The fourth-order valence-corrected chi connectivity index (χ4v) is 1.31. The Kier molecular flexibility index (Phi) is 4.12. The van der Waals surface area contributed by atoms with Gasteiger partial charge in [-0.1, -0.05) is 15.9 Å². The van der Waals surface area contributed by atoms with Crippen LogP contribution < -0.4 is 11.2 Å². The number of nitriles is 1. The zero-order valence-corrected chi connectivity index (χ0v) is 9.85. The molecule has 0 saturated heterocycles. The molecule has 0 bridgehead atoms. The van der Waals surface area contributed by atoms with Crippen LogP contribution in [0.25, 0.3) is 0 Å². The summed E-state index contributed by atoms with van der Waals surface area (Å²) in [6.45, 7) is 0. The summed E-state index contributed by atoms with van der Waals surface area (Å²) in [6.07, 6.45) is 0. The van der Waals surface area contributed by atoms with E-state index in [1.807, 2.05) is 5.43 Å². The molecule has 88 valence electrons. The van der Waals surface area contributed by atoms with Crippen molar-refractivity contribution in [3.63, 3.8) is 0 Å². The van der Waals surface area contributed by atoms with Crippen LogP contribution in [0.3, 0.4) is 0 Å². The van der Waals surface area contributed by atoms with E-state index in [0.717, 1.165) is 12.1 Å². The second-order valence-corrected chi connectivity index (χ2v) is 3.76. The highest BCUT2D eigenvalue weighted by atomic mass is 79.9. The molecular weight excluding hydrogens is 296 g/mol. The molecule has 0 heterocycles. The minimum Gasteiger partial charge on any atom is -0.382 e. The highest BCUT2D eigenvalue weighted by Crippen LogP contribution is 2.23. The number of nitrogens with one attached hydrogen (secondary N) is 2. The molecule has 1 aromatic carbocycles. The van der Waals surface area contributed by atoms with Crippen molar-refractivity contribution in [1.82, 2.24) is 0 Å². The maximum Gasteiger partial charge on any atom is 0.201 e. The van der Waals surface area contributed by atoms with E-state index < -0.39 is 28.9 Å². The van der Waals surface area contributed by atoms with E-state index in [9.17, 15) is 8.78 Å². The monoisotopic (exact) mass is 301 g/mol. The Morgan fingerprint density at radius 2 is 2.00 bits per heavy atom. The molecule has 5 nitrogen and oxygen atoms in total. The first-order valence-corrected chi connectivity index (χ1v) is 4.97. The van der Waals surface area contributed by atoms with E-state index in [0.29, 0.717) is 0 Å². The Hall–Kier alpha value is -2.01. The molecule has 0 saturated carbocycles. The van der Waals surface area contributed by atoms with E-state index in [1.54, 1.807) is 0 Å². The summed E-state index contributed by atoms with van der Waals surface area (Å²) in [4.78, 5) is 0. The summed E-state index contributed by atoms with van der Waals surface area (Å²) in [5, 5.41) is 18.8. The summed E-state index contributed by atoms with van der Waals surface area (Å²) in [5.41, 5.74) is 6.03. The van der Waals surface area contributed by atoms with Gasteiger partial charge in [-0.15, -0.1) is 0 Å². The Morgan fingerprint density at radius 1 is 1.47 bits per heavy atom. The molecular formula is C9H6BrF2N5. The number of hydrazone groups is 1. The highest BCUT2D eigenvalue weighted by Gasteiger charge is 2.10. The zero-order chi connectivity index (χ0) is 13.0. The third-order valence-electron chi connectivity index (χ3n) is 1.65. The molecule has 0 aliphatic heterocycles. The predicted molar refractivity (Wildman–Crippen MR) is 62.6 cm³/mol. The molecule has 0 radical (unpaired) electrons. The van der Waals surface area contributed by atoms with Gasteiger partial charge in [-0.05, 0) is 12.1 Å². The summed E-state index contributed by atoms with van der Waals surface area (Å²) in [5.74, 6) is -2.37. The van der Waals surface area contributed by atoms with Crippen LogP contribution in [-0.4, -0.2) is 11.5 Å². The first kappa shape index (κ1) is 13.1. The highest BCUT2D eigenvalue weighted by molar-refractivity contribution is 9.10. The van der Waals surface area contributed by atoms with Gasteiger partial charge >= 0.3 is 0 Å². The molecule has 0 aliphatic carbocycles. The first-order chi connectivity index (χ1) is 7.95. The number of anilines is 1. The molecule has 0 aliphatic rings. The SMILES string of the molecule is N#C/C(=N\Nc1c(F)cc(Br)cc1F)C(=N)N. The number of benzene rings is 1. The number of amidine groups is 1. The van der Waals surface area contributed by atoms with Gasteiger partial charge in [0.05, 0.1) is 0 Å². The Labute approximate surface area is 104 Å². The molecule has 17 heavy (non-hydrogen) atoms. The van der Waals surface area contributed by atoms with Crippen LogP contribution in [0.1, 0.15) is 0 Å². The van der Waals surface area contributed by atoms with Crippen molar-refractivity contribution in [3.8, 4) is 6.07 Å². The van der Waals surface area contributed by atoms with E-state index in [1.165, 1.54) is 6.07 Å². The predicted octanol–water partition coefficient (Wildman–Crippen LogP) is 1.95. The van der Waals surface area contributed by atoms with Gasteiger partial charge in [0.1, 0.15) is 11.8 Å². The van der Waals surface area contributed by atoms with Gasteiger partial charge in [-0.25, -0.2) is 8.78 Å². The van der Waals surface area contributed by atoms with Crippen molar-refractivity contribution in [2.75, 3.05) is 5.43 Å². The quantitative estimate of drug-likeness (QED) is 0.452. The summed E-state index contributed by atoms with van der Waals surface area (Å²) >= 11 is 2.91. The van der Waals surface area contributed by atoms with Crippen molar-refractivity contribution < 1.29 is 8.78 Å².